The number of nitrogens with one attached hydrogen (secondary N) is 1. The fourth-order valence-electron chi connectivity index (χ4n) is 3.08. The van der Waals surface area contributed by atoms with Crippen molar-refractivity contribution < 1.29 is 9.53 Å². The summed E-state index contributed by atoms with van der Waals surface area (Å²) in [6.07, 6.45) is 7.19. The Morgan fingerprint density at radius 1 is 1.10 bits per heavy atom. The molecular formula is C25H23N3O2. The highest BCUT2D eigenvalue weighted by Crippen LogP contribution is 2.16. The molecule has 0 fully saturated rings. The van der Waals surface area contributed by atoms with E-state index >= 15 is 0 Å². The Morgan fingerprint density at radius 2 is 1.97 bits per heavy atom. The second-order valence-electron chi connectivity index (χ2n) is 7.10. The first-order chi connectivity index (χ1) is 14.7. The lowest BCUT2D eigenvalue weighted by atomic mass is 10.2. The molecule has 2 aromatic carbocycles. The molecule has 4 rings (SSSR count). The SMILES string of the molecule is Cc1ccn2cc(CNC(=O)/C=C/c3cccc(OCc4ccccc4)c3)nc2c1. The van der Waals surface area contributed by atoms with Crippen molar-refractivity contribution in [1.29, 1.82) is 0 Å². The van der Waals surface area contributed by atoms with Gasteiger partial charge in [-0.2, -0.15) is 0 Å². The van der Waals surface area contributed by atoms with Gasteiger partial charge in [0.25, 0.3) is 0 Å². The van der Waals surface area contributed by atoms with Crippen LogP contribution < -0.4 is 10.1 Å². The van der Waals surface area contributed by atoms with Gasteiger partial charge in [0.05, 0.1) is 12.2 Å². The van der Waals surface area contributed by atoms with E-state index < -0.39 is 0 Å². The summed E-state index contributed by atoms with van der Waals surface area (Å²) in [6.45, 7) is 2.92. The predicted octanol–water partition coefficient (Wildman–Crippen LogP) is 4.55. The van der Waals surface area contributed by atoms with Gasteiger partial charge in [-0.1, -0.05) is 42.5 Å². The van der Waals surface area contributed by atoms with Crippen LogP contribution >= 0.6 is 0 Å². The van der Waals surface area contributed by atoms with Gasteiger partial charge in [-0.3, -0.25) is 4.79 Å². The molecule has 0 saturated heterocycles. The third kappa shape index (κ3) is 5.14. The van der Waals surface area contributed by atoms with E-state index in [9.17, 15) is 4.79 Å². The Balaban J connectivity index is 1.31. The first-order valence-electron chi connectivity index (χ1n) is 9.83. The van der Waals surface area contributed by atoms with Gasteiger partial charge in [0.1, 0.15) is 18.0 Å². The molecule has 150 valence electrons. The average Bonchev–Trinajstić information content (AvgIpc) is 3.18. The van der Waals surface area contributed by atoms with E-state index in [0.717, 1.165) is 33.8 Å². The second kappa shape index (κ2) is 9.09. The number of pyridine rings is 1. The number of ether oxygens (including phenoxy) is 1. The Kier molecular flexibility index (Phi) is 5.90. The number of aryl methyl sites for hydroxylation is 1. The van der Waals surface area contributed by atoms with E-state index in [1.54, 1.807) is 6.08 Å². The molecule has 0 aliphatic rings. The number of aromatic nitrogens is 2. The van der Waals surface area contributed by atoms with E-state index in [4.69, 9.17) is 4.74 Å². The lowest BCUT2D eigenvalue weighted by Crippen LogP contribution is -2.20. The largest absolute Gasteiger partial charge is 0.489 e. The maximum Gasteiger partial charge on any atom is 0.244 e. The highest BCUT2D eigenvalue weighted by Gasteiger charge is 2.03. The molecule has 0 saturated carbocycles. The number of amides is 1. The summed E-state index contributed by atoms with van der Waals surface area (Å²) in [5.74, 6) is 0.597. The van der Waals surface area contributed by atoms with Crippen molar-refractivity contribution in [3.05, 3.63) is 108 Å². The van der Waals surface area contributed by atoms with Crippen LogP contribution in [0.25, 0.3) is 11.7 Å². The molecule has 5 nitrogen and oxygen atoms in total. The fraction of sp³-hybridized carbons (Fsp3) is 0.120. The van der Waals surface area contributed by atoms with Crippen molar-refractivity contribution in [2.75, 3.05) is 0 Å². The summed E-state index contributed by atoms with van der Waals surface area (Å²) in [5, 5.41) is 2.87. The normalized spacial score (nSPS) is 11.1. The summed E-state index contributed by atoms with van der Waals surface area (Å²) < 4.78 is 7.79. The van der Waals surface area contributed by atoms with Gasteiger partial charge in [-0.15, -0.1) is 0 Å². The Bertz CT molecular complexity index is 1180. The van der Waals surface area contributed by atoms with Crippen LogP contribution in [0.1, 0.15) is 22.4 Å². The minimum absolute atomic E-state index is 0.168. The Hall–Kier alpha value is -3.86. The molecule has 0 aliphatic carbocycles. The van der Waals surface area contributed by atoms with Crippen molar-refractivity contribution in [2.45, 2.75) is 20.1 Å². The summed E-state index contributed by atoms with van der Waals surface area (Å²) >= 11 is 0. The smallest absolute Gasteiger partial charge is 0.244 e. The van der Waals surface area contributed by atoms with Crippen LogP contribution in [0.4, 0.5) is 0 Å². The highest BCUT2D eigenvalue weighted by atomic mass is 16.5. The van der Waals surface area contributed by atoms with Crippen molar-refractivity contribution in [3.8, 4) is 5.75 Å². The zero-order chi connectivity index (χ0) is 20.8. The van der Waals surface area contributed by atoms with Crippen molar-refractivity contribution >= 4 is 17.6 Å². The van der Waals surface area contributed by atoms with Crippen LogP contribution in [0, 0.1) is 6.92 Å². The first-order valence-corrected chi connectivity index (χ1v) is 9.83. The first kappa shape index (κ1) is 19.5. The van der Waals surface area contributed by atoms with Crippen LogP contribution in [-0.4, -0.2) is 15.3 Å². The van der Waals surface area contributed by atoms with Gasteiger partial charge in [0, 0.05) is 18.5 Å². The van der Waals surface area contributed by atoms with Crippen LogP contribution in [0.2, 0.25) is 0 Å². The predicted molar refractivity (Wildman–Crippen MR) is 118 cm³/mol. The molecule has 1 N–H and O–H groups in total. The van der Waals surface area contributed by atoms with E-state index in [2.05, 4.69) is 10.3 Å². The molecular weight excluding hydrogens is 374 g/mol. The van der Waals surface area contributed by atoms with Gasteiger partial charge in [0.2, 0.25) is 5.91 Å². The number of benzene rings is 2. The highest BCUT2D eigenvalue weighted by molar-refractivity contribution is 5.91. The lowest BCUT2D eigenvalue weighted by Gasteiger charge is -2.07. The maximum absolute atomic E-state index is 12.2. The third-order valence-electron chi connectivity index (χ3n) is 4.64. The number of carbonyl (C=O) groups is 1. The number of imidazole rings is 1. The standard InChI is InChI=1S/C25H23N3O2/c1-19-12-13-28-17-22(27-24(28)14-19)16-26-25(29)11-10-20-8-5-9-23(15-20)30-18-21-6-3-2-4-7-21/h2-15,17H,16,18H2,1H3,(H,26,29)/b11-10+. The maximum atomic E-state index is 12.2. The van der Waals surface area contributed by atoms with Gasteiger partial charge in [0.15, 0.2) is 0 Å². The molecule has 0 atom stereocenters. The molecule has 1 amide bonds. The van der Waals surface area contributed by atoms with Gasteiger partial charge in [-0.05, 0) is 54.0 Å². The van der Waals surface area contributed by atoms with E-state index in [1.165, 1.54) is 6.08 Å². The molecule has 30 heavy (non-hydrogen) atoms. The van der Waals surface area contributed by atoms with Crippen molar-refractivity contribution in [3.63, 3.8) is 0 Å². The quantitative estimate of drug-likeness (QED) is 0.466. The van der Waals surface area contributed by atoms with Gasteiger partial charge in [-0.25, -0.2) is 4.98 Å². The number of carbonyl (C=O) groups excluding carboxylic acids is 1. The Morgan fingerprint density at radius 3 is 2.83 bits per heavy atom. The summed E-state index contributed by atoms with van der Waals surface area (Å²) in [7, 11) is 0. The van der Waals surface area contributed by atoms with Crippen LogP contribution in [-0.2, 0) is 17.9 Å². The molecule has 2 heterocycles. The minimum Gasteiger partial charge on any atom is -0.489 e. The fourth-order valence-corrected chi connectivity index (χ4v) is 3.08. The summed E-state index contributed by atoms with van der Waals surface area (Å²) in [4.78, 5) is 16.7. The Labute approximate surface area is 175 Å². The topological polar surface area (TPSA) is 55.6 Å². The molecule has 4 aromatic rings. The van der Waals surface area contributed by atoms with E-state index in [1.807, 2.05) is 90.4 Å². The van der Waals surface area contributed by atoms with Crippen molar-refractivity contribution in [2.24, 2.45) is 0 Å². The number of hydrogen-bond acceptors (Lipinski definition) is 3. The van der Waals surface area contributed by atoms with Crippen LogP contribution in [0.5, 0.6) is 5.75 Å². The third-order valence-corrected chi connectivity index (χ3v) is 4.64. The lowest BCUT2D eigenvalue weighted by molar-refractivity contribution is -0.116. The second-order valence-corrected chi connectivity index (χ2v) is 7.10. The van der Waals surface area contributed by atoms with Crippen molar-refractivity contribution in [1.82, 2.24) is 14.7 Å². The molecule has 2 aromatic heterocycles. The van der Waals surface area contributed by atoms with Gasteiger partial charge >= 0.3 is 0 Å². The van der Waals surface area contributed by atoms with E-state index in [-0.39, 0.29) is 5.91 Å². The molecule has 0 radical (unpaired) electrons. The molecule has 5 heteroatoms. The zero-order valence-corrected chi connectivity index (χ0v) is 16.8. The van der Waals surface area contributed by atoms with Crippen LogP contribution in [0.3, 0.4) is 0 Å². The van der Waals surface area contributed by atoms with Gasteiger partial charge < -0.3 is 14.5 Å². The molecule has 0 bridgehead atoms. The monoisotopic (exact) mass is 397 g/mol. The summed E-state index contributed by atoms with van der Waals surface area (Å²) in [6, 6.07) is 21.7. The number of nitrogens with zero attached hydrogens (tertiary/aromatic N) is 2. The average molecular weight is 397 g/mol. The molecule has 0 aliphatic heterocycles. The molecule has 0 unspecified atom stereocenters. The number of rotatable bonds is 7. The zero-order valence-electron chi connectivity index (χ0n) is 16.8. The minimum atomic E-state index is -0.168. The molecule has 0 spiro atoms. The summed E-state index contributed by atoms with van der Waals surface area (Å²) in [5.41, 5.74) is 4.86. The van der Waals surface area contributed by atoms with Crippen LogP contribution in [0.15, 0.2) is 85.2 Å². The number of fused-ring (bicyclic) bond motifs is 1. The number of hydrogen-bond donors (Lipinski definition) is 1. The van der Waals surface area contributed by atoms with E-state index in [0.29, 0.717) is 13.2 Å².